The van der Waals surface area contributed by atoms with Crippen LogP contribution in [-0.2, 0) is 54.3 Å². The van der Waals surface area contributed by atoms with Crippen LogP contribution in [-0.4, -0.2) is 150 Å². The summed E-state index contributed by atoms with van der Waals surface area (Å²) in [5, 5.41) is 14.4. The van der Waals surface area contributed by atoms with Crippen molar-refractivity contribution in [1.82, 2.24) is 39.8 Å². The highest BCUT2D eigenvalue weighted by atomic mass is 32.1. The molecule has 12 aromatic rings. The molecule has 7 aromatic carbocycles. The molecular weight excluding hydrogens is 1570 g/mol. The Kier molecular flexibility index (Phi) is 30.3. The molecule has 16 rings (SSSR count). The molecule has 0 saturated heterocycles. The van der Waals surface area contributed by atoms with E-state index < -0.39 is 26.6 Å². The fourth-order valence-corrected chi connectivity index (χ4v) is 21.0. The molecule has 0 fully saturated rings. The average molecular weight is 1670 g/mol. The lowest BCUT2D eigenvalue weighted by atomic mass is 9.86. The number of para-hydroxylation sites is 3. The van der Waals surface area contributed by atoms with Gasteiger partial charge in [0.2, 0.25) is 0 Å². The van der Waals surface area contributed by atoms with Gasteiger partial charge in [0.05, 0.1) is 20.4 Å². The minimum Gasteiger partial charge on any atom is -1.00 e. The molecule has 0 spiro atoms. The molecule has 5 aromatic heterocycles. The summed E-state index contributed by atoms with van der Waals surface area (Å²) in [5.41, 5.74) is 20.8. The summed E-state index contributed by atoms with van der Waals surface area (Å²) < 4.78 is 64.6. The molecule has 3 N–H and O–H groups in total. The van der Waals surface area contributed by atoms with Crippen LogP contribution < -0.4 is 41.4 Å². The zero-order valence-electron chi connectivity index (χ0n) is 68.4. The standard InChI is InChI=1S/C37H37N3O5S.C28H22N2O2S.C13H23N5OP.C8H17NO2.CO2.BF3.FH/c1-37(2,3)45-29(41)17-8-18-38-34(42)24-13-5-4-12-23(24)30-26-21-22-11-9-19-40-20-10-14-25(32(22)40)33(26)44-36(43)31(30)35-39-27-15-6-7-16-28(27)46-35;31-28-24(27-29-21-12-4-5-13-22(21)33-27)23(17-8-2-1-3-9-17)20-16-18-10-6-14-30-15-7-11-19(25(18)30)26(20)32-28;1-11(2)20(16(3)4,17(5)6)19-18-13-10-8-7-9-12(13)14-15-18;1-8(2,3)11-7(10)5-4-6-9;2-1-3;2-1(3)4;/h4-7,12-13,15-16,21H,8-11,14,17-20H2,1-3H3,(H,38,42);1-5,8-9,12-13,16H,6-7,10-11,14-15H2;7-11H,1-6H3;4-6,9H2,1-3H3;;;1H/q;;+1;;;;/p-1. The largest absolute Gasteiger partial charge is 1.00 e. The van der Waals surface area contributed by atoms with E-state index in [1.54, 1.807) is 22.2 Å². The first-order valence-electron chi connectivity index (χ1n) is 39.2. The van der Waals surface area contributed by atoms with E-state index in [1.807, 2.05) is 173 Å². The van der Waals surface area contributed by atoms with Crippen LogP contribution in [0.15, 0.2) is 158 Å². The van der Waals surface area contributed by atoms with Gasteiger partial charge in [0.15, 0.2) is 0 Å². The van der Waals surface area contributed by atoms with Gasteiger partial charge in [-0.1, -0.05) is 84.9 Å². The number of nitrogens with two attached hydrogens (primary N) is 1. The molecular formula is C87H99BF4N11O12PS2. The highest BCUT2D eigenvalue weighted by molar-refractivity contribution is 7.67. The number of aromatic nitrogens is 5. The molecule has 31 heteroatoms. The third-order valence-corrected chi connectivity index (χ3v) is 26.0. The maximum Gasteiger partial charge on any atom is 0.762 e. The highest BCUT2D eigenvalue weighted by Gasteiger charge is 2.54. The summed E-state index contributed by atoms with van der Waals surface area (Å²) in [6.45, 7) is 20.4. The maximum absolute atomic E-state index is 14.1. The van der Waals surface area contributed by atoms with Crippen molar-refractivity contribution < 1.29 is 64.6 Å². The summed E-state index contributed by atoms with van der Waals surface area (Å²) >= 11 is 3.00. The molecule has 4 aliphatic heterocycles. The highest BCUT2D eigenvalue weighted by Crippen LogP contribution is 2.64. The minimum absolute atomic E-state index is 0. The van der Waals surface area contributed by atoms with Crippen molar-refractivity contribution in [3.05, 3.63) is 188 Å². The summed E-state index contributed by atoms with van der Waals surface area (Å²) in [5.74, 6) is -0.735. The number of benzene rings is 7. The Balaban J connectivity index is 0.000000177. The Bertz CT molecular complexity index is 5610. The van der Waals surface area contributed by atoms with Gasteiger partial charge < -0.3 is 43.9 Å². The SMILES string of the molecule is CC(C)(C)OC(=O)CCCN.CC(C)(C)OC(=O)CCCNC(=O)c1ccccc1-c1c(-c2nc3ccccc3s2)c(=O)oc2c3c4c(cc12)CCCN4CCC3.CC(C)[P+](On1nnc2ccccc21)(N(C)C)N(C)C.FB(F)F.O=C=O.O=c1oc2c3c4c(cc2c(-c2ccccc2)c1-c1nc2ccccc2s1)CCCN4CCC3.[F-]. The van der Waals surface area contributed by atoms with Crippen molar-refractivity contribution in [3.63, 3.8) is 0 Å². The molecule has 0 bridgehead atoms. The molecule has 1 amide bonds. The number of hydrogen-bond donors (Lipinski definition) is 2. The summed E-state index contributed by atoms with van der Waals surface area (Å²) in [6.07, 6.45) is 10.1. The second-order valence-electron chi connectivity index (χ2n) is 31.2. The van der Waals surface area contributed by atoms with Crippen LogP contribution in [0.4, 0.5) is 24.3 Å². The quantitative estimate of drug-likeness (QED) is 0.0214. The van der Waals surface area contributed by atoms with Gasteiger partial charge in [-0.05, 0) is 213 Å². The van der Waals surface area contributed by atoms with E-state index in [0.717, 1.165) is 141 Å². The van der Waals surface area contributed by atoms with Gasteiger partial charge in [0, 0.05) is 124 Å². The number of nitrogens with zero attached hydrogens (tertiary/aromatic N) is 9. The van der Waals surface area contributed by atoms with Crippen molar-refractivity contribution >= 4 is 127 Å². The monoisotopic (exact) mass is 1670 g/mol. The lowest BCUT2D eigenvalue weighted by molar-refractivity contribution is -0.191. The Hall–Kier alpha value is -10.6. The first-order chi connectivity index (χ1) is 55.9. The van der Waals surface area contributed by atoms with Crippen molar-refractivity contribution in [2.24, 2.45) is 5.73 Å². The Morgan fingerprint density at radius 2 is 1.04 bits per heavy atom. The number of anilines is 2. The molecule has 0 saturated carbocycles. The number of ether oxygens (including phenoxy) is 2. The van der Waals surface area contributed by atoms with Crippen molar-refractivity contribution in [1.29, 1.82) is 0 Å². The van der Waals surface area contributed by atoms with Gasteiger partial charge in [-0.3, -0.25) is 27.3 Å². The number of aryl methyl sites for hydroxylation is 4. The Morgan fingerprint density at radius 1 is 0.610 bits per heavy atom. The molecule has 9 heterocycles. The van der Waals surface area contributed by atoms with E-state index in [2.05, 4.69) is 78.9 Å². The van der Waals surface area contributed by atoms with Gasteiger partial charge >= 0.3 is 44.7 Å². The number of fused-ring (bicyclic) bond motifs is 7. The number of halogens is 4. The van der Waals surface area contributed by atoms with Crippen molar-refractivity contribution in [2.45, 2.75) is 149 Å². The van der Waals surface area contributed by atoms with E-state index in [9.17, 15) is 36.9 Å². The normalized spacial score (nSPS) is 13.4. The number of hydrogen-bond acceptors (Lipinski definition) is 23. The van der Waals surface area contributed by atoms with E-state index >= 15 is 0 Å². The third kappa shape index (κ3) is 20.9. The molecule has 0 atom stereocenters. The molecule has 4 aliphatic rings. The van der Waals surface area contributed by atoms with Crippen molar-refractivity contribution in [2.75, 3.05) is 77.3 Å². The second-order valence-corrected chi connectivity index (χ2v) is 37.2. The van der Waals surface area contributed by atoms with Gasteiger partial charge in [-0.15, -0.1) is 37.1 Å². The fraction of sp³-hybridized carbons (Fsp3) is 0.379. The van der Waals surface area contributed by atoms with Gasteiger partial charge in [-0.25, -0.2) is 24.2 Å². The van der Waals surface area contributed by atoms with E-state index in [1.165, 1.54) is 45.8 Å². The van der Waals surface area contributed by atoms with E-state index in [4.69, 9.17) is 48.2 Å². The molecule has 0 aliphatic carbocycles. The molecule has 118 heavy (non-hydrogen) atoms. The smallest absolute Gasteiger partial charge is 0.762 e. The number of thiazole rings is 2. The van der Waals surface area contributed by atoms with Gasteiger partial charge in [-0.2, -0.15) is 9.59 Å². The van der Waals surface area contributed by atoms with Crippen LogP contribution in [0.1, 0.15) is 139 Å². The van der Waals surface area contributed by atoms with Crippen LogP contribution in [0.2, 0.25) is 0 Å². The first-order valence-corrected chi connectivity index (χ1v) is 42.5. The number of nitrogens with one attached hydrogen (secondary N) is 1. The van der Waals surface area contributed by atoms with E-state index in [-0.39, 0.29) is 46.3 Å². The summed E-state index contributed by atoms with van der Waals surface area (Å²) in [4.78, 5) is 97.1. The summed E-state index contributed by atoms with van der Waals surface area (Å²) in [6, 6.07) is 45.8. The number of carbonyl (C=O) groups is 3. The van der Waals surface area contributed by atoms with Crippen molar-refractivity contribution in [3.8, 4) is 43.4 Å². The molecule has 0 radical (unpaired) electrons. The number of amides is 1. The van der Waals surface area contributed by atoms with E-state index in [0.29, 0.717) is 76.4 Å². The number of carbonyl (C=O) groups excluding carboxylic acids is 5. The fourth-order valence-electron chi connectivity index (χ4n) is 15.6. The molecule has 0 unspecified atom stereocenters. The predicted octanol–water partition coefficient (Wildman–Crippen LogP) is 14.2. The topological polar surface area (TPSA) is 281 Å². The Morgan fingerprint density at radius 3 is 1.52 bits per heavy atom. The van der Waals surface area contributed by atoms with Crippen LogP contribution in [0, 0.1) is 0 Å². The van der Waals surface area contributed by atoms with Crippen LogP contribution in [0.25, 0.3) is 96.8 Å². The molecule has 622 valence electrons. The lowest BCUT2D eigenvalue weighted by Crippen LogP contribution is -3.00. The number of rotatable bonds is 17. The molecule has 23 nitrogen and oxygen atoms in total. The zero-order chi connectivity index (χ0) is 84.0. The first kappa shape index (κ1) is 89.8. The lowest BCUT2D eigenvalue weighted by Gasteiger charge is -2.37. The van der Waals surface area contributed by atoms with Gasteiger partial charge in [0.1, 0.15) is 60.2 Å². The van der Waals surface area contributed by atoms with Gasteiger partial charge in [0.25, 0.3) is 5.91 Å². The maximum atomic E-state index is 14.1. The third-order valence-electron chi connectivity index (χ3n) is 19.9. The average Bonchev–Trinajstić information content (AvgIpc) is 1.02. The number of esters is 2. The second kappa shape index (κ2) is 39.8. The van der Waals surface area contributed by atoms with Crippen LogP contribution in [0.3, 0.4) is 0 Å². The predicted molar refractivity (Wildman–Crippen MR) is 460 cm³/mol. The Labute approximate surface area is 691 Å². The minimum atomic E-state index is -3.67. The van der Waals surface area contributed by atoms with Crippen LogP contribution >= 0.6 is 30.5 Å². The van der Waals surface area contributed by atoms with Crippen LogP contribution in [0.5, 0.6) is 0 Å². The summed E-state index contributed by atoms with van der Waals surface area (Å²) in [7, 11) is 2.55. The zero-order valence-corrected chi connectivity index (χ0v) is 71.0.